The molecule has 1 saturated heterocycles. The number of amides is 1. The van der Waals surface area contributed by atoms with Crippen molar-refractivity contribution < 1.29 is 9.72 Å². The van der Waals surface area contributed by atoms with Crippen molar-refractivity contribution >= 4 is 23.2 Å². The highest BCUT2D eigenvalue weighted by Gasteiger charge is 2.33. The zero-order chi connectivity index (χ0) is 18.7. The lowest BCUT2D eigenvalue weighted by molar-refractivity contribution is -0.389. The van der Waals surface area contributed by atoms with Crippen LogP contribution in [0.5, 0.6) is 0 Å². The highest BCUT2D eigenvalue weighted by Crippen LogP contribution is 2.32. The van der Waals surface area contributed by atoms with Gasteiger partial charge in [0.15, 0.2) is 0 Å². The average molecular weight is 359 g/mol. The smallest absolute Gasteiger partial charge is 0.358 e. The maximum absolute atomic E-state index is 12.6. The molecule has 0 saturated carbocycles. The third kappa shape index (κ3) is 3.63. The number of fused-ring (bicyclic) bond motifs is 1. The lowest BCUT2D eigenvalue weighted by atomic mass is 9.96. The number of rotatable bonds is 6. The number of carbonyl (C=O) groups excluding carboxylic acids is 1. The van der Waals surface area contributed by atoms with Gasteiger partial charge in [0.05, 0.1) is 12.1 Å². The second-order valence-corrected chi connectivity index (χ2v) is 6.93. The normalized spacial score (nSPS) is 18.7. The number of imidazole rings is 1. The largest absolute Gasteiger partial charge is 0.372 e. The van der Waals surface area contributed by atoms with E-state index in [0.717, 1.165) is 25.7 Å². The number of carbonyl (C=O) groups is 1. The van der Waals surface area contributed by atoms with Gasteiger partial charge in [0.2, 0.25) is 17.4 Å². The number of anilines is 1. The van der Waals surface area contributed by atoms with Gasteiger partial charge in [-0.05, 0) is 37.2 Å². The van der Waals surface area contributed by atoms with Crippen molar-refractivity contribution in [3.63, 3.8) is 0 Å². The second kappa shape index (κ2) is 7.72. The van der Waals surface area contributed by atoms with Gasteiger partial charge in [0.1, 0.15) is 0 Å². The van der Waals surface area contributed by atoms with Gasteiger partial charge in [-0.1, -0.05) is 19.4 Å². The van der Waals surface area contributed by atoms with Gasteiger partial charge in [-0.25, -0.2) is 0 Å². The van der Waals surface area contributed by atoms with Gasteiger partial charge in [-0.15, -0.1) is 0 Å². The van der Waals surface area contributed by atoms with Crippen molar-refractivity contribution in [2.24, 2.45) is 5.92 Å². The quantitative estimate of drug-likeness (QED) is 0.632. The van der Waals surface area contributed by atoms with Crippen LogP contribution < -0.4 is 10.2 Å². The molecule has 140 valence electrons. The van der Waals surface area contributed by atoms with Gasteiger partial charge in [0, 0.05) is 25.2 Å². The zero-order valence-electron chi connectivity index (χ0n) is 15.2. The topological polar surface area (TPSA) is 92.8 Å². The Morgan fingerprint density at radius 1 is 1.50 bits per heavy atom. The summed E-state index contributed by atoms with van der Waals surface area (Å²) in [6, 6.07) is 5.44. The Bertz CT molecular complexity index is 803. The summed E-state index contributed by atoms with van der Waals surface area (Å²) in [5, 5.41) is 14.7. The SMILES string of the molecule is CCCC(C)NC(=O)C1CCCN(c2nc3ccccn3c2[N+](=O)[O-])C1. The van der Waals surface area contributed by atoms with Crippen LogP contribution >= 0.6 is 0 Å². The van der Waals surface area contributed by atoms with E-state index in [2.05, 4.69) is 17.2 Å². The fourth-order valence-corrected chi connectivity index (χ4v) is 3.60. The Balaban J connectivity index is 1.82. The number of piperidine rings is 1. The summed E-state index contributed by atoms with van der Waals surface area (Å²) in [5.41, 5.74) is 0.539. The van der Waals surface area contributed by atoms with E-state index in [1.807, 2.05) is 11.8 Å². The van der Waals surface area contributed by atoms with E-state index in [0.29, 0.717) is 24.6 Å². The summed E-state index contributed by atoms with van der Waals surface area (Å²) in [5.74, 6) is 0.163. The summed E-state index contributed by atoms with van der Waals surface area (Å²) >= 11 is 0. The highest BCUT2D eigenvalue weighted by molar-refractivity contribution is 5.80. The first kappa shape index (κ1) is 18.2. The molecule has 0 bridgehead atoms. The van der Waals surface area contributed by atoms with Crippen molar-refractivity contribution in [1.29, 1.82) is 0 Å². The molecule has 0 aliphatic carbocycles. The molecule has 26 heavy (non-hydrogen) atoms. The minimum absolute atomic E-state index is 0.0297. The van der Waals surface area contributed by atoms with Crippen molar-refractivity contribution in [3.05, 3.63) is 34.5 Å². The molecule has 1 aliphatic rings. The molecule has 0 aromatic carbocycles. The molecule has 2 atom stereocenters. The van der Waals surface area contributed by atoms with Crippen LogP contribution in [0.1, 0.15) is 39.5 Å². The first-order chi connectivity index (χ1) is 12.5. The van der Waals surface area contributed by atoms with Crippen molar-refractivity contribution in [2.75, 3.05) is 18.0 Å². The Labute approximate surface area is 152 Å². The number of aromatic nitrogens is 2. The van der Waals surface area contributed by atoms with Crippen molar-refractivity contribution in [2.45, 2.75) is 45.6 Å². The number of hydrogen-bond donors (Lipinski definition) is 1. The molecule has 0 spiro atoms. The molecule has 2 unspecified atom stereocenters. The van der Waals surface area contributed by atoms with Crippen molar-refractivity contribution in [3.8, 4) is 0 Å². The molecule has 1 amide bonds. The average Bonchev–Trinajstić information content (AvgIpc) is 3.01. The molecule has 3 heterocycles. The molecule has 8 heteroatoms. The fraction of sp³-hybridized carbons (Fsp3) is 0.556. The van der Waals surface area contributed by atoms with E-state index in [4.69, 9.17) is 0 Å². The van der Waals surface area contributed by atoms with Crippen LogP contribution in [0, 0.1) is 16.0 Å². The summed E-state index contributed by atoms with van der Waals surface area (Å²) in [6.07, 6.45) is 5.21. The van der Waals surface area contributed by atoms with Gasteiger partial charge >= 0.3 is 5.82 Å². The summed E-state index contributed by atoms with van der Waals surface area (Å²) in [7, 11) is 0. The van der Waals surface area contributed by atoms with Crippen LogP contribution in [0.3, 0.4) is 0 Å². The van der Waals surface area contributed by atoms with Crippen molar-refractivity contribution in [1.82, 2.24) is 14.7 Å². The Morgan fingerprint density at radius 2 is 2.31 bits per heavy atom. The van der Waals surface area contributed by atoms with E-state index in [9.17, 15) is 14.9 Å². The van der Waals surface area contributed by atoms with Gasteiger partial charge in [-0.3, -0.25) is 4.79 Å². The van der Waals surface area contributed by atoms with Crippen LogP contribution in [0.15, 0.2) is 24.4 Å². The van der Waals surface area contributed by atoms with Crippen LogP contribution in [0.25, 0.3) is 5.65 Å². The van der Waals surface area contributed by atoms with E-state index in [-0.39, 0.29) is 23.7 Å². The van der Waals surface area contributed by atoms with Gasteiger partial charge in [0.25, 0.3) is 0 Å². The molecule has 2 aromatic heterocycles. The molecule has 8 nitrogen and oxygen atoms in total. The van der Waals surface area contributed by atoms with E-state index >= 15 is 0 Å². The first-order valence-corrected chi connectivity index (χ1v) is 9.18. The zero-order valence-corrected chi connectivity index (χ0v) is 15.2. The predicted molar refractivity (Wildman–Crippen MR) is 99.3 cm³/mol. The van der Waals surface area contributed by atoms with Gasteiger partial charge in [-0.2, -0.15) is 9.38 Å². The summed E-state index contributed by atoms with van der Waals surface area (Å²) < 4.78 is 1.49. The van der Waals surface area contributed by atoms with E-state index in [1.165, 1.54) is 4.40 Å². The molecule has 1 aliphatic heterocycles. The van der Waals surface area contributed by atoms with Crippen LogP contribution in [0.4, 0.5) is 11.6 Å². The number of nitrogens with zero attached hydrogens (tertiary/aromatic N) is 4. The molecule has 1 N–H and O–H groups in total. The van der Waals surface area contributed by atoms with Crippen LogP contribution in [0.2, 0.25) is 0 Å². The van der Waals surface area contributed by atoms with Crippen LogP contribution in [-0.4, -0.2) is 39.3 Å². The fourth-order valence-electron chi connectivity index (χ4n) is 3.60. The summed E-state index contributed by atoms with van der Waals surface area (Å²) in [4.78, 5) is 30.1. The Morgan fingerprint density at radius 3 is 3.04 bits per heavy atom. The minimum atomic E-state index is -0.400. The number of nitro groups is 1. The van der Waals surface area contributed by atoms with Gasteiger partial charge < -0.3 is 20.3 Å². The molecule has 2 aromatic rings. The second-order valence-electron chi connectivity index (χ2n) is 6.93. The maximum atomic E-state index is 12.6. The first-order valence-electron chi connectivity index (χ1n) is 9.18. The minimum Gasteiger partial charge on any atom is -0.358 e. The third-order valence-electron chi connectivity index (χ3n) is 4.86. The lowest BCUT2D eigenvalue weighted by Gasteiger charge is -2.32. The maximum Gasteiger partial charge on any atom is 0.372 e. The molecule has 0 radical (unpaired) electrons. The number of pyridine rings is 1. The van der Waals surface area contributed by atoms with Crippen LogP contribution in [-0.2, 0) is 4.79 Å². The molecular formula is C18H25N5O3. The summed E-state index contributed by atoms with van der Waals surface area (Å²) in [6.45, 7) is 5.22. The number of nitrogens with one attached hydrogen (secondary N) is 1. The Hall–Kier alpha value is -2.64. The van der Waals surface area contributed by atoms with E-state index in [1.54, 1.807) is 24.4 Å². The Kier molecular flexibility index (Phi) is 5.39. The molecule has 3 rings (SSSR count). The predicted octanol–water partition coefficient (Wildman–Crippen LogP) is 2.76. The lowest BCUT2D eigenvalue weighted by Crippen LogP contribution is -2.45. The molecule has 1 fully saturated rings. The third-order valence-corrected chi connectivity index (χ3v) is 4.86. The van der Waals surface area contributed by atoms with E-state index < -0.39 is 4.92 Å². The number of hydrogen-bond acceptors (Lipinski definition) is 5. The monoisotopic (exact) mass is 359 g/mol. The standard InChI is InChI=1S/C18H25N5O3/c1-3-7-13(2)19-17(24)14-8-6-10-21(12-14)16-18(23(25)26)22-11-5-4-9-15(22)20-16/h4-5,9,11,13-14H,3,6-8,10,12H2,1-2H3,(H,19,24). The highest BCUT2D eigenvalue weighted by atomic mass is 16.6. The molecular weight excluding hydrogens is 334 g/mol.